The van der Waals surface area contributed by atoms with Crippen molar-refractivity contribution in [2.24, 2.45) is 10.9 Å². The molecule has 4 N–H and O–H groups in total. The fourth-order valence-corrected chi connectivity index (χ4v) is 2.37. The molecule has 20 heavy (non-hydrogen) atoms. The summed E-state index contributed by atoms with van der Waals surface area (Å²) in [5.41, 5.74) is 8.58. The number of oxime groups is 1. The molecule has 110 valence electrons. The van der Waals surface area contributed by atoms with Gasteiger partial charge in [0.2, 0.25) is 0 Å². The first-order valence-electron chi connectivity index (χ1n) is 6.66. The first-order chi connectivity index (χ1) is 9.63. The molecular formula is C14H21N3O3. The normalized spacial score (nSPS) is 21.1. The van der Waals surface area contributed by atoms with Gasteiger partial charge in [0.25, 0.3) is 0 Å². The quantitative estimate of drug-likeness (QED) is 0.319. The van der Waals surface area contributed by atoms with Crippen molar-refractivity contribution < 1.29 is 15.1 Å². The lowest BCUT2D eigenvalue weighted by atomic mass is 10.0. The molecule has 1 aromatic rings. The summed E-state index contributed by atoms with van der Waals surface area (Å²) in [6.45, 7) is 5.11. The molecule has 0 aromatic heterocycles. The van der Waals surface area contributed by atoms with Crippen LogP contribution in [0.15, 0.2) is 23.4 Å². The number of hydrogen-bond acceptors (Lipinski definition) is 5. The van der Waals surface area contributed by atoms with E-state index >= 15 is 0 Å². The van der Waals surface area contributed by atoms with Crippen molar-refractivity contribution >= 4 is 5.84 Å². The Balaban J connectivity index is 2.06. The molecule has 0 spiro atoms. The number of nitrogens with two attached hydrogens (primary N) is 1. The van der Waals surface area contributed by atoms with Crippen molar-refractivity contribution in [3.8, 4) is 0 Å². The van der Waals surface area contributed by atoms with E-state index < -0.39 is 0 Å². The molecule has 0 saturated carbocycles. The number of benzene rings is 1. The average molecular weight is 279 g/mol. The fourth-order valence-electron chi connectivity index (χ4n) is 2.37. The molecule has 1 aromatic carbocycles. The molecule has 0 bridgehead atoms. The molecule has 1 atom stereocenters. The van der Waals surface area contributed by atoms with E-state index in [-0.39, 0.29) is 18.5 Å². The molecule has 0 radical (unpaired) electrons. The Kier molecular flexibility index (Phi) is 4.94. The van der Waals surface area contributed by atoms with E-state index in [1.165, 1.54) is 5.56 Å². The second-order valence-electron chi connectivity index (χ2n) is 5.04. The molecule has 1 aliphatic rings. The minimum atomic E-state index is -0.0968. The third-order valence-electron chi connectivity index (χ3n) is 3.57. The molecule has 2 rings (SSSR count). The summed E-state index contributed by atoms with van der Waals surface area (Å²) >= 11 is 0. The minimum Gasteiger partial charge on any atom is -0.409 e. The summed E-state index contributed by atoms with van der Waals surface area (Å²) in [5, 5.41) is 20.8. The maximum atomic E-state index is 9.15. The predicted molar refractivity (Wildman–Crippen MR) is 75.8 cm³/mol. The Morgan fingerprint density at radius 1 is 1.55 bits per heavy atom. The van der Waals surface area contributed by atoms with E-state index in [9.17, 15) is 0 Å². The number of aliphatic hydroxyl groups excluding tert-OH is 1. The maximum absolute atomic E-state index is 9.15. The van der Waals surface area contributed by atoms with E-state index in [1.807, 2.05) is 25.1 Å². The molecule has 1 fully saturated rings. The second-order valence-corrected chi connectivity index (χ2v) is 5.04. The molecule has 1 saturated heterocycles. The van der Waals surface area contributed by atoms with Gasteiger partial charge in [-0.25, -0.2) is 0 Å². The van der Waals surface area contributed by atoms with Crippen LogP contribution in [0.2, 0.25) is 0 Å². The van der Waals surface area contributed by atoms with Crippen LogP contribution in [0.1, 0.15) is 16.7 Å². The minimum absolute atomic E-state index is 0.0535. The van der Waals surface area contributed by atoms with Crippen LogP contribution in [0.25, 0.3) is 0 Å². The van der Waals surface area contributed by atoms with Gasteiger partial charge in [-0.15, -0.1) is 0 Å². The number of morpholine rings is 1. The van der Waals surface area contributed by atoms with Crippen LogP contribution in [-0.2, 0) is 11.3 Å². The highest BCUT2D eigenvalue weighted by Crippen LogP contribution is 2.15. The van der Waals surface area contributed by atoms with Gasteiger partial charge in [-0.1, -0.05) is 17.3 Å². The molecule has 1 heterocycles. The number of amidine groups is 1. The van der Waals surface area contributed by atoms with E-state index in [0.29, 0.717) is 12.2 Å². The number of rotatable bonds is 4. The lowest BCUT2D eigenvalue weighted by Gasteiger charge is -2.32. The smallest absolute Gasteiger partial charge is 0.170 e. The molecule has 1 aliphatic heterocycles. The predicted octanol–water partition coefficient (Wildman–Crippen LogP) is 0.283. The van der Waals surface area contributed by atoms with Gasteiger partial charge >= 0.3 is 0 Å². The zero-order valence-corrected chi connectivity index (χ0v) is 11.6. The van der Waals surface area contributed by atoms with Crippen molar-refractivity contribution in [1.82, 2.24) is 4.90 Å². The number of ether oxygens (including phenoxy) is 1. The third-order valence-corrected chi connectivity index (χ3v) is 3.57. The highest BCUT2D eigenvalue weighted by atomic mass is 16.5. The van der Waals surface area contributed by atoms with Gasteiger partial charge in [-0.05, 0) is 24.1 Å². The van der Waals surface area contributed by atoms with Gasteiger partial charge < -0.3 is 20.8 Å². The van der Waals surface area contributed by atoms with Crippen LogP contribution < -0.4 is 5.73 Å². The van der Waals surface area contributed by atoms with E-state index in [1.54, 1.807) is 0 Å². The lowest BCUT2D eigenvalue weighted by Crippen LogP contribution is -2.43. The Bertz CT molecular complexity index is 491. The third kappa shape index (κ3) is 3.47. The molecular weight excluding hydrogens is 258 g/mol. The largest absolute Gasteiger partial charge is 0.409 e. The van der Waals surface area contributed by atoms with E-state index in [2.05, 4.69) is 10.1 Å². The topological polar surface area (TPSA) is 91.3 Å². The number of aliphatic hydroxyl groups is 1. The van der Waals surface area contributed by atoms with Crippen LogP contribution in [0.5, 0.6) is 0 Å². The summed E-state index contributed by atoms with van der Waals surface area (Å²) < 4.78 is 5.44. The summed E-state index contributed by atoms with van der Waals surface area (Å²) in [6, 6.07) is 5.75. The summed E-state index contributed by atoms with van der Waals surface area (Å²) in [5.74, 6) is 0.117. The zero-order valence-electron chi connectivity index (χ0n) is 11.6. The molecule has 0 aliphatic carbocycles. The zero-order chi connectivity index (χ0) is 14.5. The van der Waals surface area contributed by atoms with Gasteiger partial charge in [0.1, 0.15) is 0 Å². The standard InChI is InChI=1S/C14H21N3O3/c1-10-6-11(14(15)16-19)2-3-12(10)7-17-4-5-20-13(8-17)9-18/h2-3,6,13,18-19H,4-5,7-9H2,1H3,(H2,15,16). The maximum Gasteiger partial charge on any atom is 0.170 e. The Morgan fingerprint density at radius 3 is 3.00 bits per heavy atom. The van der Waals surface area contributed by atoms with Crippen molar-refractivity contribution in [2.75, 3.05) is 26.3 Å². The van der Waals surface area contributed by atoms with E-state index in [4.69, 9.17) is 20.8 Å². The monoisotopic (exact) mass is 279 g/mol. The summed E-state index contributed by atoms with van der Waals surface area (Å²) in [4.78, 5) is 2.26. The molecule has 1 unspecified atom stereocenters. The van der Waals surface area contributed by atoms with Crippen molar-refractivity contribution in [2.45, 2.75) is 19.6 Å². The average Bonchev–Trinajstić information content (AvgIpc) is 2.48. The van der Waals surface area contributed by atoms with Crippen molar-refractivity contribution in [3.05, 3.63) is 34.9 Å². The van der Waals surface area contributed by atoms with Gasteiger partial charge in [0.05, 0.1) is 19.3 Å². The first-order valence-corrected chi connectivity index (χ1v) is 6.66. The van der Waals surface area contributed by atoms with Gasteiger partial charge in [0, 0.05) is 25.2 Å². The Labute approximate surface area is 118 Å². The number of aryl methyl sites for hydroxylation is 1. The van der Waals surface area contributed by atoms with Gasteiger partial charge in [0.15, 0.2) is 5.84 Å². The highest BCUT2D eigenvalue weighted by molar-refractivity contribution is 5.97. The van der Waals surface area contributed by atoms with Crippen LogP contribution >= 0.6 is 0 Å². The SMILES string of the molecule is Cc1cc(/C(N)=N/O)ccc1CN1CCOC(CO)C1. The Hall–Kier alpha value is -1.63. The fraction of sp³-hybridized carbons (Fsp3) is 0.500. The number of hydrogen-bond donors (Lipinski definition) is 3. The summed E-state index contributed by atoms with van der Waals surface area (Å²) in [7, 11) is 0. The highest BCUT2D eigenvalue weighted by Gasteiger charge is 2.20. The second kappa shape index (κ2) is 6.69. The lowest BCUT2D eigenvalue weighted by molar-refractivity contribution is -0.0551. The van der Waals surface area contributed by atoms with Crippen molar-refractivity contribution in [3.63, 3.8) is 0 Å². The van der Waals surface area contributed by atoms with Crippen molar-refractivity contribution in [1.29, 1.82) is 0 Å². The van der Waals surface area contributed by atoms with E-state index in [0.717, 1.165) is 25.2 Å². The summed E-state index contributed by atoms with van der Waals surface area (Å²) in [6.07, 6.45) is -0.0968. The van der Waals surface area contributed by atoms with Gasteiger partial charge in [-0.2, -0.15) is 0 Å². The number of nitrogens with zero attached hydrogens (tertiary/aromatic N) is 2. The Morgan fingerprint density at radius 2 is 2.35 bits per heavy atom. The van der Waals surface area contributed by atoms with Crippen LogP contribution in [-0.4, -0.2) is 53.5 Å². The molecule has 6 nitrogen and oxygen atoms in total. The van der Waals surface area contributed by atoms with Crippen LogP contribution in [0, 0.1) is 6.92 Å². The first kappa shape index (κ1) is 14.8. The van der Waals surface area contributed by atoms with Gasteiger partial charge in [-0.3, -0.25) is 4.90 Å². The molecule has 6 heteroatoms. The van der Waals surface area contributed by atoms with Crippen LogP contribution in [0.4, 0.5) is 0 Å². The molecule has 0 amide bonds. The van der Waals surface area contributed by atoms with Crippen LogP contribution in [0.3, 0.4) is 0 Å².